The first-order chi connectivity index (χ1) is 49.2. The summed E-state index contributed by atoms with van der Waals surface area (Å²) in [4.78, 5) is 73.0. The quantitative estimate of drug-likeness (QED) is 0.0222. The third-order valence-corrected chi connectivity index (χ3v) is 21.9. The molecule has 5 unspecified atom stereocenters. The Kier molecular flexibility index (Phi) is 70.6. The number of rotatable bonds is 80. The van der Waals surface area contributed by atoms with E-state index in [0.29, 0.717) is 25.7 Å². The number of aliphatic hydroxyl groups is 1. The lowest BCUT2D eigenvalue weighted by molar-refractivity contribution is -0.161. The maximum absolute atomic E-state index is 13.1. The molecule has 0 amide bonds. The van der Waals surface area contributed by atoms with Crippen LogP contribution in [0.15, 0.2) is 0 Å². The third-order valence-electron chi connectivity index (χ3n) is 20.0. The molecule has 0 saturated heterocycles. The molecule has 0 aromatic carbocycles. The van der Waals surface area contributed by atoms with Gasteiger partial charge in [-0.15, -0.1) is 0 Å². The summed E-state index contributed by atoms with van der Waals surface area (Å²) in [6.45, 7) is 14.3. The van der Waals surface area contributed by atoms with Crippen LogP contribution in [0.5, 0.6) is 0 Å². The van der Waals surface area contributed by atoms with Crippen molar-refractivity contribution in [1.29, 1.82) is 0 Å². The van der Waals surface area contributed by atoms with Crippen LogP contribution in [-0.4, -0.2) is 96.7 Å². The van der Waals surface area contributed by atoms with Gasteiger partial charge < -0.3 is 33.8 Å². The number of unbranched alkanes of at least 4 members (excludes halogenated alkanes) is 44. The number of esters is 4. The Bertz CT molecular complexity index is 1990. The summed E-state index contributed by atoms with van der Waals surface area (Å²) in [5.74, 6) is 1.05. The van der Waals surface area contributed by atoms with Crippen LogP contribution < -0.4 is 0 Å². The fraction of sp³-hybridized carbons (Fsp3) is 0.952. The van der Waals surface area contributed by atoms with Crippen LogP contribution in [0.4, 0.5) is 0 Å². The SMILES string of the molecule is CCC(C)CCCCCCCCCCCCCCCCCCCCC(=O)OC[C@H](COP(=O)(O)OCC(O)COP(=O)(O)OC[C@@H](COC(=O)CCCCCCCCCCC(C)C)OC(=O)CCCCCCCCCCC(C)C)OC(=O)CCCCCCCCCCCCCCCCC(C)CC. The number of phosphoric acid groups is 2. The van der Waals surface area contributed by atoms with Gasteiger partial charge in [-0.3, -0.25) is 37.3 Å². The Hall–Kier alpha value is -1.94. The molecule has 0 bridgehead atoms. The molecule has 0 aromatic heterocycles. The van der Waals surface area contributed by atoms with Crippen LogP contribution in [0.25, 0.3) is 0 Å². The van der Waals surface area contributed by atoms with Crippen molar-refractivity contribution in [3.63, 3.8) is 0 Å². The van der Waals surface area contributed by atoms with E-state index >= 15 is 0 Å². The van der Waals surface area contributed by atoms with Crippen LogP contribution >= 0.6 is 15.6 Å². The van der Waals surface area contributed by atoms with Gasteiger partial charge in [0.15, 0.2) is 12.2 Å². The van der Waals surface area contributed by atoms with Gasteiger partial charge in [0, 0.05) is 25.7 Å². The van der Waals surface area contributed by atoms with Gasteiger partial charge in [0.2, 0.25) is 0 Å². The van der Waals surface area contributed by atoms with E-state index in [-0.39, 0.29) is 25.7 Å². The van der Waals surface area contributed by atoms with Crippen molar-refractivity contribution in [1.82, 2.24) is 0 Å². The summed E-state index contributed by atoms with van der Waals surface area (Å²) in [7, 11) is -9.92. The standard InChI is InChI=1S/C83H162O17P2/c1-9-75(7)61-53-45-37-27-23-19-15-13-11-12-14-16-21-25-29-39-47-55-63-80(85)93-69-78(99-82(87)65-57-49-41-30-26-22-18-17-20-24-28-38-46-54-62-76(8)10-2)71-97-101(89,90)95-67-77(84)68-96-102(91,92)98-72-79(100-83(88)66-58-50-42-34-32-36-44-52-60-74(5)6)70-94-81(86)64-56-48-40-33-31-35-43-51-59-73(3)4/h73-79,84H,9-72H2,1-8H3,(H,89,90)(H,91,92)/t75?,76?,77?,78-,79-/m1/s1. The van der Waals surface area contributed by atoms with Gasteiger partial charge in [0.1, 0.15) is 19.3 Å². The van der Waals surface area contributed by atoms with Crippen LogP contribution in [0.1, 0.15) is 428 Å². The van der Waals surface area contributed by atoms with Gasteiger partial charge in [-0.1, -0.05) is 376 Å². The predicted octanol–water partition coefficient (Wildman–Crippen LogP) is 24.8. The van der Waals surface area contributed by atoms with Crippen molar-refractivity contribution in [3.05, 3.63) is 0 Å². The van der Waals surface area contributed by atoms with Crippen LogP contribution in [0.3, 0.4) is 0 Å². The molecule has 0 heterocycles. The van der Waals surface area contributed by atoms with Gasteiger partial charge in [-0.05, 0) is 49.4 Å². The van der Waals surface area contributed by atoms with Gasteiger partial charge in [-0.25, -0.2) is 9.13 Å². The lowest BCUT2D eigenvalue weighted by atomic mass is 9.99. The summed E-state index contributed by atoms with van der Waals surface area (Å²) in [5.41, 5.74) is 0. The molecule has 3 N–H and O–H groups in total. The molecular weight excluding hydrogens is 1330 g/mol. The summed E-state index contributed by atoms with van der Waals surface area (Å²) in [6, 6.07) is 0. The number of hydrogen-bond donors (Lipinski definition) is 3. The van der Waals surface area contributed by atoms with Crippen molar-refractivity contribution < 1.29 is 80.2 Å². The molecule has 17 nitrogen and oxygen atoms in total. The molecule has 7 atom stereocenters. The lowest BCUT2D eigenvalue weighted by Gasteiger charge is -2.21. The van der Waals surface area contributed by atoms with E-state index in [9.17, 15) is 43.2 Å². The number of carbonyl (C=O) groups is 4. The van der Waals surface area contributed by atoms with Crippen molar-refractivity contribution in [3.8, 4) is 0 Å². The Morgan fingerprint density at radius 3 is 0.696 bits per heavy atom. The third kappa shape index (κ3) is 73.6. The second kappa shape index (κ2) is 72.0. The Morgan fingerprint density at radius 2 is 0.471 bits per heavy atom. The Labute approximate surface area is 626 Å². The molecular formula is C83H162O17P2. The predicted molar refractivity (Wildman–Crippen MR) is 418 cm³/mol. The van der Waals surface area contributed by atoms with Crippen LogP contribution in [0.2, 0.25) is 0 Å². The molecule has 19 heteroatoms. The molecule has 102 heavy (non-hydrogen) atoms. The van der Waals surface area contributed by atoms with Crippen LogP contribution in [-0.2, 0) is 65.4 Å². The fourth-order valence-electron chi connectivity index (χ4n) is 12.7. The van der Waals surface area contributed by atoms with E-state index in [1.165, 1.54) is 231 Å². The fourth-order valence-corrected chi connectivity index (χ4v) is 14.3. The smallest absolute Gasteiger partial charge is 0.462 e. The summed E-state index contributed by atoms with van der Waals surface area (Å²) in [5, 5.41) is 10.6. The van der Waals surface area contributed by atoms with E-state index < -0.39 is 97.5 Å². The molecule has 0 aliphatic carbocycles. The van der Waals surface area contributed by atoms with Gasteiger partial charge >= 0.3 is 39.5 Å². The second-order valence-corrected chi connectivity index (χ2v) is 34.2. The first kappa shape index (κ1) is 100. The Balaban J connectivity index is 5.21. The highest BCUT2D eigenvalue weighted by Crippen LogP contribution is 2.45. The number of phosphoric ester groups is 2. The first-order valence-corrected chi connectivity index (χ1v) is 45.8. The normalized spacial score (nSPS) is 14.5. The zero-order valence-electron chi connectivity index (χ0n) is 67.2. The first-order valence-electron chi connectivity index (χ1n) is 42.8. The van der Waals surface area contributed by atoms with Gasteiger partial charge in [0.05, 0.1) is 26.4 Å². The highest BCUT2D eigenvalue weighted by atomic mass is 31.2. The number of carbonyl (C=O) groups excluding carboxylic acids is 4. The monoisotopic (exact) mass is 1490 g/mol. The summed E-state index contributed by atoms with van der Waals surface area (Å²) in [6.07, 6.45) is 59.8. The van der Waals surface area contributed by atoms with Crippen molar-refractivity contribution in [2.24, 2.45) is 23.7 Å². The molecule has 0 aliphatic rings. The zero-order chi connectivity index (χ0) is 75.3. The van der Waals surface area contributed by atoms with Crippen molar-refractivity contribution >= 4 is 39.5 Å². The molecule has 0 fully saturated rings. The van der Waals surface area contributed by atoms with Gasteiger partial charge in [0.25, 0.3) is 0 Å². The maximum Gasteiger partial charge on any atom is 0.472 e. The van der Waals surface area contributed by atoms with E-state index in [2.05, 4.69) is 55.4 Å². The molecule has 0 saturated carbocycles. The molecule has 0 aliphatic heterocycles. The van der Waals surface area contributed by atoms with E-state index in [4.69, 9.17) is 37.0 Å². The molecule has 606 valence electrons. The summed E-state index contributed by atoms with van der Waals surface area (Å²) >= 11 is 0. The van der Waals surface area contributed by atoms with Crippen LogP contribution in [0, 0.1) is 23.7 Å². The zero-order valence-corrected chi connectivity index (χ0v) is 69.0. The van der Waals surface area contributed by atoms with Crippen molar-refractivity contribution in [2.75, 3.05) is 39.6 Å². The van der Waals surface area contributed by atoms with Gasteiger partial charge in [-0.2, -0.15) is 0 Å². The average molecular weight is 1490 g/mol. The van der Waals surface area contributed by atoms with E-state index in [1.54, 1.807) is 0 Å². The topological polar surface area (TPSA) is 237 Å². The highest BCUT2D eigenvalue weighted by molar-refractivity contribution is 7.47. The largest absolute Gasteiger partial charge is 0.472 e. The molecule has 0 aromatic rings. The average Bonchev–Trinajstić information content (AvgIpc) is 0.906. The summed E-state index contributed by atoms with van der Waals surface area (Å²) < 4.78 is 68.7. The molecule has 0 radical (unpaired) electrons. The molecule has 0 rings (SSSR count). The highest BCUT2D eigenvalue weighted by Gasteiger charge is 2.30. The number of ether oxygens (including phenoxy) is 4. The Morgan fingerprint density at radius 1 is 0.275 bits per heavy atom. The maximum atomic E-state index is 13.1. The lowest BCUT2D eigenvalue weighted by Crippen LogP contribution is -2.30. The van der Waals surface area contributed by atoms with E-state index in [0.717, 1.165) is 114 Å². The number of hydrogen-bond acceptors (Lipinski definition) is 15. The van der Waals surface area contributed by atoms with E-state index in [1.807, 2.05) is 0 Å². The van der Waals surface area contributed by atoms with Crippen molar-refractivity contribution in [2.45, 2.75) is 446 Å². The second-order valence-electron chi connectivity index (χ2n) is 31.3. The minimum Gasteiger partial charge on any atom is -0.462 e. The number of aliphatic hydroxyl groups excluding tert-OH is 1. The molecule has 0 spiro atoms. The minimum atomic E-state index is -4.96. The minimum absolute atomic E-state index is 0.104.